The minimum atomic E-state index is -1.28. The second kappa shape index (κ2) is 8.29. The molecule has 1 aliphatic rings. The summed E-state index contributed by atoms with van der Waals surface area (Å²) in [5, 5.41) is 6.56. The Morgan fingerprint density at radius 3 is 2.29 bits per heavy atom. The zero-order valence-corrected chi connectivity index (χ0v) is 18.3. The topological polar surface area (TPSA) is 58.2 Å². The second-order valence-corrected chi connectivity index (χ2v) is 9.10. The molecule has 28 heavy (non-hydrogen) atoms. The predicted molar refractivity (Wildman–Crippen MR) is 115 cm³/mol. The van der Waals surface area contributed by atoms with Gasteiger partial charge in [-0.25, -0.2) is 0 Å². The van der Waals surface area contributed by atoms with Crippen LogP contribution in [0.3, 0.4) is 0 Å². The molecule has 1 fully saturated rings. The van der Waals surface area contributed by atoms with Crippen molar-refractivity contribution in [2.24, 2.45) is 5.92 Å². The number of alkyl halides is 2. The number of carbonyl (C=O) groups is 2. The minimum absolute atomic E-state index is 0.262. The van der Waals surface area contributed by atoms with Crippen LogP contribution in [0.15, 0.2) is 36.4 Å². The molecule has 0 heterocycles. The molecule has 0 spiro atoms. The SMILES string of the molecule is CCNC(=O)c1cc(NC(=O)[C@@H]2[C@@H](c3cc(Cl)cc(Cl)c3)C2(Cl)Cl)ccc1Cl. The van der Waals surface area contributed by atoms with Gasteiger partial charge in [0.05, 0.1) is 16.5 Å². The molecular formula is C19H15Cl5N2O2. The van der Waals surface area contributed by atoms with Crippen LogP contribution in [0.2, 0.25) is 15.1 Å². The summed E-state index contributed by atoms with van der Waals surface area (Å²) >= 11 is 30.9. The van der Waals surface area contributed by atoms with E-state index < -0.39 is 16.2 Å². The van der Waals surface area contributed by atoms with Crippen LogP contribution in [0.4, 0.5) is 5.69 Å². The molecule has 0 aromatic heterocycles. The van der Waals surface area contributed by atoms with E-state index in [0.29, 0.717) is 27.8 Å². The molecule has 0 unspecified atom stereocenters. The molecule has 2 amide bonds. The molecule has 0 aliphatic heterocycles. The fraction of sp³-hybridized carbons (Fsp3) is 0.263. The van der Waals surface area contributed by atoms with Gasteiger partial charge >= 0.3 is 0 Å². The Labute approximate surface area is 187 Å². The fourth-order valence-corrected chi connectivity index (χ4v) is 4.65. The molecule has 0 saturated heterocycles. The number of anilines is 1. The third-order valence-corrected chi connectivity index (χ3v) is 6.10. The van der Waals surface area contributed by atoms with Crippen molar-refractivity contribution in [1.29, 1.82) is 0 Å². The first kappa shape index (κ1) is 21.5. The van der Waals surface area contributed by atoms with Crippen LogP contribution < -0.4 is 10.6 Å². The molecule has 1 aliphatic carbocycles. The first-order chi connectivity index (χ1) is 13.1. The van der Waals surface area contributed by atoms with Crippen molar-refractivity contribution in [3.63, 3.8) is 0 Å². The summed E-state index contributed by atoms with van der Waals surface area (Å²) in [6.07, 6.45) is 0. The number of hydrogen-bond donors (Lipinski definition) is 2. The lowest BCUT2D eigenvalue weighted by Gasteiger charge is -2.09. The van der Waals surface area contributed by atoms with Gasteiger partial charge in [-0.05, 0) is 48.9 Å². The van der Waals surface area contributed by atoms with Crippen molar-refractivity contribution in [1.82, 2.24) is 5.32 Å². The largest absolute Gasteiger partial charge is 0.352 e. The molecule has 2 N–H and O–H groups in total. The molecule has 2 aromatic rings. The van der Waals surface area contributed by atoms with Crippen LogP contribution in [-0.2, 0) is 4.79 Å². The first-order valence-corrected chi connectivity index (χ1v) is 10.3. The lowest BCUT2D eigenvalue weighted by Crippen LogP contribution is -2.23. The molecule has 2 atom stereocenters. The molecule has 2 aromatic carbocycles. The highest BCUT2D eigenvalue weighted by Crippen LogP contribution is 2.65. The maximum absolute atomic E-state index is 12.8. The van der Waals surface area contributed by atoms with Gasteiger partial charge in [-0.3, -0.25) is 9.59 Å². The highest BCUT2D eigenvalue weighted by Gasteiger charge is 2.67. The average Bonchev–Trinajstić information content (AvgIpc) is 3.18. The van der Waals surface area contributed by atoms with E-state index in [4.69, 9.17) is 58.0 Å². The van der Waals surface area contributed by atoms with Crippen molar-refractivity contribution in [3.8, 4) is 0 Å². The highest BCUT2D eigenvalue weighted by atomic mass is 35.5. The summed E-state index contributed by atoms with van der Waals surface area (Å²) in [4.78, 5) is 24.8. The van der Waals surface area contributed by atoms with Crippen LogP contribution >= 0.6 is 58.0 Å². The summed E-state index contributed by atoms with van der Waals surface area (Å²) in [6, 6.07) is 9.59. The summed E-state index contributed by atoms with van der Waals surface area (Å²) in [7, 11) is 0. The molecule has 0 bridgehead atoms. The third-order valence-electron chi connectivity index (χ3n) is 4.40. The quantitative estimate of drug-likeness (QED) is 0.522. The molecule has 148 valence electrons. The number of carbonyl (C=O) groups excluding carboxylic acids is 2. The van der Waals surface area contributed by atoms with Crippen LogP contribution in [0.25, 0.3) is 0 Å². The van der Waals surface area contributed by atoms with Crippen LogP contribution in [0.5, 0.6) is 0 Å². The number of halogens is 5. The average molecular weight is 481 g/mol. The zero-order chi connectivity index (χ0) is 20.6. The third kappa shape index (κ3) is 4.37. The van der Waals surface area contributed by atoms with E-state index in [2.05, 4.69) is 10.6 Å². The van der Waals surface area contributed by atoms with Gasteiger partial charge in [0.15, 0.2) is 0 Å². The number of rotatable bonds is 5. The minimum Gasteiger partial charge on any atom is -0.352 e. The highest BCUT2D eigenvalue weighted by molar-refractivity contribution is 6.53. The van der Waals surface area contributed by atoms with Crippen molar-refractivity contribution in [2.75, 3.05) is 11.9 Å². The molecule has 0 radical (unpaired) electrons. The van der Waals surface area contributed by atoms with Gasteiger partial charge in [0.1, 0.15) is 4.33 Å². The summed E-state index contributed by atoms with van der Waals surface area (Å²) in [5.41, 5.74) is 1.36. The van der Waals surface area contributed by atoms with Crippen LogP contribution in [0, 0.1) is 5.92 Å². The molecular weight excluding hydrogens is 465 g/mol. The number of benzene rings is 2. The number of amides is 2. The van der Waals surface area contributed by atoms with Crippen LogP contribution in [0.1, 0.15) is 28.8 Å². The van der Waals surface area contributed by atoms with Gasteiger partial charge in [0.2, 0.25) is 5.91 Å². The monoisotopic (exact) mass is 478 g/mol. The van der Waals surface area contributed by atoms with E-state index in [1.54, 1.807) is 31.2 Å². The number of hydrogen-bond acceptors (Lipinski definition) is 2. The Morgan fingerprint density at radius 1 is 1.04 bits per heavy atom. The Hall–Kier alpha value is -1.17. The van der Waals surface area contributed by atoms with E-state index in [0.717, 1.165) is 0 Å². The van der Waals surface area contributed by atoms with Crippen molar-refractivity contribution < 1.29 is 9.59 Å². The Balaban J connectivity index is 1.80. The Morgan fingerprint density at radius 2 is 1.68 bits per heavy atom. The lowest BCUT2D eigenvalue weighted by molar-refractivity contribution is -0.117. The van der Waals surface area contributed by atoms with Gasteiger partial charge in [0.25, 0.3) is 5.91 Å². The fourth-order valence-electron chi connectivity index (χ4n) is 3.08. The van der Waals surface area contributed by atoms with E-state index in [1.807, 2.05) is 0 Å². The van der Waals surface area contributed by atoms with E-state index in [-0.39, 0.29) is 22.4 Å². The summed E-state index contributed by atoms with van der Waals surface area (Å²) in [6.45, 7) is 2.26. The number of nitrogens with one attached hydrogen (secondary N) is 2. The first-order valence-electron chi connectivity index (χ1n) is 8.37. The van der Waals surface area contributed by atoms with Crippen molar-refractivity contribution in [3.05, 3.63) is 62.6 Å². The zero-order valence-electron chi connectivity index (χ0n) is 14.5. The normalized spacial score (nSPS) is 19.8. The summed E-state index contributed by atoms with van der Waals surface area (Å²) < 4.78 is -1.28. The van der Waals surface area contributed by atoms with E-state index >= 15 is 0 Å². The lowest BCUT2D eigenvalue weighted by atomic mass is 10.1. The van der Waals surface area contributed by atoms with Crippen LogP contribution in [-0.4, -0.2) is 22.7 Å². The predicted octanol–water partition coefficient (Wildman–Crippen LogP) is 5.92. The maximum atomic E-state index is 12.8. The van der Waals surface area contributed by atoms with Gasteiger partial charge in [-0.15, -0.1) is 23.2 Å². The smallest absolute Gasteiger partial charge is 0.252 e. The standard InChI is InChI=1S/C19H15Cl5N2O2/c1-2-25-17(27)13-8-12(3-4-14(13)22)26-18(28)16-15(19(16,23)24)9-5-10(20)7-11(21)6-9/h3-8,15-16H,2H2,1H3,(H,25,27)(H,26,28)/t15-,16+/m1/s1. The van der Waals surface area contributed by atoms with Gasteiger partial charge < -0.3 is 10.6 Å². The molecule has 4 nitrogen and oxygen atoms in total. The second-order valence-electron chi connectivity index (χ2n) is 6.38. The molecule has 3 rings (SSSR count). The Bertz CT molecular complexity index is 928. The van der Waals surface area contributed by atoms with Gasteiger partial charge in [0, 0.05) is 28.2 Å². The van der Waals surface area contributed by atoms with Crippen molar-refractivity contribution in [2.45, 2.75) is 17.2 Å². The molecule has 1 saturated carbocycles. The Kier molecular flexibility index (Phi) is 6.38. The van der Waals surface area contributed by atoms with E-state index in [1.165, 1.54) is 12.1 Å². The van der Waals surface area contributed by atoms with E-state index in [9.17, 15) is 9.59 Å². The van der Waals surface area contributed by atoms with Gasteiger partial charge in [-0.1, -0.05) is 34.8 Å². The summed E-state index contributed by atoms with van der Waals surface area (Å²) in [5.74, 6) is -1.86. The molecule has 9 heteroatoms. The maximum Gasteiger partial charge on any atom is 0.252 e. The van der Waals surface area contributed by atoms with Crippen molar-refractivity contribution >= 4 is 75.5 Å². The van der Waals surface area contributed by atoms with Gasteiger partial charge in [-0.2, -0.15) is 0 Å².